The lowest BCUT2D eigenvalue weighted by Crippen LogP contribution is -2.25. The Hall–Kier alpha value is -0.940. The van der Waals surface area contributed by atoms with Gasteiger partial charge in [0.05, 0.1) is 13.2 Å². The van der Waals surface area contributed by atoms with E-state index in [1.165, 1.54) is 0 Å². The van der Waals surface area contributed by atoms with Gasteiger partial charge in [-0.05, 0) is 27.3 Å². The smallest absolute Gasteiger partial charge is 0.240 e. The molecular weight excluding hydrogens is 206 g/mol. The number of hydrogen-bond acceptors (Lipinski definition) is 5. The average molecular weight is 225 g/mol. The van der Waals surface area contributed by atoms with Crippen LogP contribution in [0.4, 0.5) is 0 Å². The van der Waals surface area contributed by atoms with Crippen LogP contribution in [0.1, 0.15) is 37.9 Å². The van der Waals surface area contributed by atoms with Gasteiger partial charge in [0, 0.05) is 18.6 Å². The molecule has 2 heterocycles. The van der Waals surface area contributed by atoms with E-state index in [4.69, 9.17) is 9.26 Å². The maximum Gasteiger partial charge on any atom is 0.240 e. The van der Waals surface area contributed by atoms with Crippen LogP contribution in [0.25, 0.3) is 0 Å². The van der Waals surface area contributed by atoms with Crippen LogP contribution >= 0.6 is 0 Å². The Kier molecular flexibility index (Phi) is 3.56. The molecule has 0 N–H and O–H groups in total. The predicted octanol–water partition coefficient (Wildman–Crippen LogP) is 1.41. The van der Waals surface area contributed by atoms with Crippen molar-refractivity contribution in [1.29, 1.82) is 0 Å². The predicted molar refractivity (Wildman–Crippen MR) is 59.1 cm³/mol. The summed E-state index contributed by atoms with van der Waals surface area (Å²) in [5.41, 5.74) is 0. The summed E-state index contributed by atoms with van der Waals surface area (Å²) in [6.45, 7) is 6.52. The zero-order valence-electron chi connectivity index (χ0n) is 10.1. The monoisotopic (exact) mass is 225 g/mol. The molecule has 5 nitrogen and oxygen atoms in total. The van der Waals surface area contributed by atoms with Gasteiger partial charge in [-0.25, -0.2) is 0 Å². The lowest BCUT2D eigenvalue weighted by atomic mass is 10.1. The molecule has 90 valence electrons. The van der Waals surface area contributed by atoms with E-state index in [1.807, 2.05) is 7.05 Å². The first-order chi connectivity index (χ1) is 7.66. The summed E-state index contributed by atoms with van der Waals surface area (Å²) in [7, 11) is 2.05. The molecular formula is C11H19N3O2. The summed E-state index contributed by atoms with van der Waals surface area (Å²) in [5.74, 6) is 1.81. The van der Waals surface area contributed by atoms with Crippen molar-refractivity contribution in [3.63, 3.8) is 0 Å². The molecule has 16 heavy (non-hydrogen) atoms. The van der Waals surface area contributed by atoms with E-state index >= 15 is 0 Å². The van der Waals surface area contributed by atoms with E-state index in [2.05, 4.69) is 28.9 Å². The minimum atomic E-state index is 0.321. The van der Waals surface area contributed by atoms with E-state index in [1.54, 1.807) is 0 Å². The van der Waals surface area contributed by atoms with E-state index in [0.29, 0.717) is 24.4 Å². The van der Waals surface area contributed by atoms with E-state index in [9.17, 15) is 0 Å². The molecule has 0 unspecified atom stereocenters. The van der Waals surface area contributed by atoms with Crippen molar-refractivity contribution >= 4 is 0 Å². The number of nitrogens with zero attached hydrogens (tertiary/aromatic N) is 3. The molecule has 1 fully saturated rings. The van der Waals surface area contributed by atoms with Gasteiger partial charge in [-0.2, -0.15) is 4.98 Å². The summed E-state index contributed by atoms with van der Waals surface area (Å²) < 4.78 is 10.5. The first-order valence-corrected chi connectivity index (χ1v) is 5.77. The maximum absolute atomic E-state index is 5.31. The zero-order valence-corrected chi connectivity index (χ0v) is 10.1. The SMILES string of the molecule is CC(C)N(C)Cc1nc([C@@H]2CCOC2)no1. The second-order valence-corrected chi connectivity index (χ2v) is 4.62. The molecule has 0 radical (unpaired) electrons. The molecule has 1 aliphatic heterocycles. The van der Waals surface area contributed by atoms with Gasteiger partial charge in [-0.3, -0.25) is 4.90 Å². The van der Waals surface area contributed by atoms with Gasteiger partial charge in [0.15, 0.2) is 5.82 Å². The number of rotatable bonds is 4. The fourth-order valence-corrected chi connectivity index (χ4v) is 1.63. The molecule has 1 atom stereocenters. The second-order valence-electron chi connectivity index (χ2n) is 4.62. The summed E-state index contributed by atoms with van der Waals surface area (Å²) in [5, 5.41) is 4.02. The standard InChI is InChI=1S/C11H19N3O2/c1-8(2)14(3)6-10-12-11(13-16-10)9-4-5-15-7-9/h8-9H,4-7H2,1-3H3/t9-/m1/s1. The quantitative estimate of drug-likeness (QED) is 0.775. The lowest BCUT2D eigenvalue weighted by Gasteiger charge is -2.18. The van der Waals surface area contributed by atoms with Gasteiger partial charge in [0.25, 0.3) is 0 Å². The molecule has 1 aromatic heterocycles. The number of hydrogen-bond donors (Lipinski definition) is 0. The number of aromatic nitrogens is 2. The summed E-state index contributed by atoms with van der Waals surface area (Å²) in [6, 6.07) is 0.477. The first kappa shape index (κ1) is 11.5. The van der Waals surface area contributed by atoms with Gasteiger partial charge in [-0.15, -0.1) is 0 Å². The first-order valence-electron chi connectivity index (χ1n) is 5.77. The zero-order chi connectivity index (χ0) is 11.5. The molecule has 0 amide bonds. The maximum atomic E-state index is 5.31. The highest BCUT2D eigenvalue weighted by Crippen LogP contribution is 2.22. The number of ether oxygens (including phenoxy) is 1. The van der Waals surface area contributed by atoms with Crippen molar-refractivity contribution in [2.45, 2.75) is 38.8 Å². The summed E-state index contributed by atoms with van der Waals surface area (Å²) >= 11 is 0. The highest BCUT2D eigenvalue weighted by atomic mass is 16.5. The fourth-order valence-electron chi connectivity index (χ4n) is 1.63. The van der Waals surface area contributed by atoms with Crippen LogP contribution in [0.5, 0.6) is 0 Å². The molecule has 0 bridgehead atoms. The van der Waals surface area contributed by atoms with Crippen molar-refractivity contribution in [3.05, 3.63) is 11.7 Å². The fraction of sp³-hybridized carbons (Fsp3) is 0.818. The topological polar surface area (TPSA) is 51.4 Å². The van der Waals surface area contributed by atoms with Crippen molar-refractivity contribution in [2.75, 3.05) is 20.3 Å². The Morgan fingerprint density at radius 2 is 2.31 bits per heavy atom. The molecule has 2 rings (SSSR count). The Bertz CT molecular complexity index is 332. The van der Waals surface area contributed by atoms with Crippen LogP contribution in [0, 0.1) is 0 Å². The van der Waals surface area contributed by atoms with Crippen molar-refractivity contribution in [2.24, 2.45) is 0 Å². The molecule has 0 aliphatic carbocycles. The van der Waals surface area contributed by atoms with Crippen LogP contribution in [0.15, 0.2) is 4.52 Å². The Morgan fingerprint density at radius 1 is 1.50 bits per heavy atom. The van der Waals surface area contributed by atoms with Crippen LogP contribution in [0.2, 0.25) is 0 Å². The summed E-state index contributed by atoms with van der Waals surface area (Å²) in [6.07, 6.45) is 0.999. The third kappa shape index (κ3) is 2.59. The van der Waals surface area contributed by atoms with Gasteiger partial charge in [0.2, 0.25) is 5.89 Å². The molecule has 0 spiro atoms. The van der Waals surface area contributed by atoms with Crippen molar-refractivity contribution < 1.29 is 9.26 Å². The Morgan fingerprint density at radius 3 is 2.94 bits per heavy atom. The molecule has 1 saturated heterocycles. The minimum Gasteiger partial charge on any atom is -0.381 e. The highest BCUT2D eigenvalue weighted by molar-refractivity contribution is 4.97. The molecule has 5 heteroatoms. The van der Waals surface area contributed by atoms with E-state index in [-0.39, 0.29) is 0 Å². The Balaban J connectivity index is 1.96. The van der Waals surface area contributed by atoms with Gasteiger partial charge >= 0.3 is 0 Å². The van der Waals surface area contributed by atoms with Crippen LogP contribution < -0.4 is 0 Å². The normalized spacial score (nSPS) is 21.2. The van der Waals surface area contributed by atoms with Crippen molar-refractivity contribution in [3.8, 4) is 0 Å². The van der Waals surface area contributed by atoms with Crippen LogP contribution in [-0.2, 0) is 11.3 Å². The largest absolute Gasteiger partial charge is 0.381 e. The minimum absolute atomic E-state index is 0.321. The molecule has 1 aliphatic rings. The molecule has 1 aromatic rings. The van der Waals surface area contributed by atoms with Gasteiger partial charge in [-0.1, -0.05) is 5.16 Å². The second kappa shape index (κ2) is 4.93. The van der Waals surface area contributed by atoms with Crippen LogP contribution in [-0.4, -0.2) is 41.3 Å². The third-order valence-corrected chi connectivity index (χ3v) is 3.04. The molecule has 0 saturated carbocycles. The summed E-state index contributed by atoms with van der Waals surface area (Å²) in [4.78, 5) is 6.58. The Labute approximate surface area is 95.8 Å². The highest BCUT2D eigenvalue weighted by Gasteiger charge is 2.23. The third-order valence-electron chi connectivity index (χ3n) is 3.04. The van der Waals surface area contributed by atoms with Crippen molar-refractivity contribution in [1.82, 2.24) is 15.0 Å². The van der Waals surface area contributed by atoms with E-state index in [0.717, 1.165) is 25.5 Å². The van der Waals surface area contributed by atoms with E-state index < -0.39 is 0 Å². The average Bonchev–Trinajstić information content (AvgIpc) is 2.85. The van der Waals surface area contributed by atoms with Gasteiger partial charge in [0.1, 0.15) is 0 Å². The lowest BCUT2D eigenvalue weighted by molar-refractivity contribution is 0.192. The molecule has 0 aromatic carbocycles. The van der Waals surface area contributed by atoms with Gasteiger partial charge < -0.3 is 9.26 Å². The van der Waals surface area contributed by atoms with Crippen LogP contribution in [0.3, 0.4) is 0 Å².